The fraction of sp³-hybridized carbons (Fsp3) is 0.167. The molecular weight excluding hydrogens is 308 g/mol. The third-order valence-electron chi connectivity index (χ3n) is 3.54. The van der Waals surface area contributed by atoms with Gasteiger partial charge in [-0.05, 0) is 30.3 Å². The SMILES string of the molecule is COc1ccc(-c2nc(CCC(=O)c3ccccn3)co2)cc1O. The second kappa shape index (κ2) is 6.95. The van der Waals surface area contributed by atoms with Gasteiger partial charge >= 0.3 is 0 Å². The number of pyridine rings is 1. The normalized spacial score (nSPS) is 10.5. The zero-order chi connectivity index (χ0) is 16.9. The van der Waals surface area contributed by atoms with Crippen molar-refractivity contribution in [1.82, 2.24) is 9.97 Å². The molecule has 0 aliphatic heterocycles. The van der Waals surface area contributed by atoms with Crippen LogP contribution in [-0.2, 0) is 6.42 Å². The Labute approximate surface area is 138 Å². The first kappa shape index (κ1) is 15.7. The Kier molecular flexibility index (Phi) is 4.56. The molecule has 2 aromatic heterocycles. The highest BCUT2D eigenvalue weighted by Gasteiger charge is 2.12. The highest BCUT2D eigenvalue weighted by Crippen LogP contribution is 2.31. The molecule has 6 heteroatoms. The molecule has 2 heterocycles. The van der Waals surface area contributed by atoms with Crippen molar-refractivity contribution >= 4 is 5.78 Å². The van der Waals surface area contributed by atoms with Gasteiger partial charge in [-0.25, -0.2) is 4.98 Å². The first-order valence-electron chi connectivity index (χ1n) is 7.43. The van der Waals surface area contributed by atoms with Crippen molar-refractivity contribution in [1.29, 1.82) is 0 Å². The van der Waals surface area contributed by atoms with E-state index in [1.54, 1.807) is 36.5 Å². The summed E-state index contributed by atoms with van der Waals surface area (Å²) in [5.41, 5.74) is 1.75. The molecular formula is C18H16N2O4. The maximum Gasteiger partial charge on any atom is 0.226 e. The second-order valence-electron chi connectivity index (χ2n) is 5.17. The number of benzene rings is 1. The van der Waals surface area contributed by atoms with Gasteiger partial charge in [-0.15, -0.1) is 0 Å². The van der Waals surface area contributed by atoms with Crippen molar-refractivity contribution in [2.24, 2.45) is 0 Å². The molecule has 1 N–H and O–H groups in total. The molecule has 0 amide bonds. The highest BCUT2D eigenvalue weighted by atomic mass is 16.5. The van der Waals surface area contributed by atoms with Crippen molar-refractivity contribution in [3.05, 3.63) is 60.2 Å². The molecule has 3 aromatic rings. The number of aryl methyl sites for hydroxylation is 1. The summed E-state index contributed by atoms with van der Waals surface area (Å²) < 4.78 is 10.4. The molecule has 0 saturated heterocycles. The molecule has 0 bridgehead atoms. The number of carbonyl (C=O) groups is 1. The molecule has 3 rings (SSSR count). The lowest BCUT2D eigenvalue weighted by atomic mass is 10.1. The van der Waals surface area contributed by atoms with Gasteiger partial charge in [0.1, 0.15) is 12.0 Å². The van der Waals surface area contributed by atoms with E-state index in [4.69, 9.17) is 9.15 Å². The van der Waals surface area contributed by atoms with Crippen LogP contribution in [0.4, 0.5) is 0 Å². The summed E-state index contributed by atoms with van der Waals surface area (Å²) in [5.74, 6) is 0.738. The Morgan fingerprint density at radius 2 is 2.17 bits per heavy atom. The number of rotatable bonds is 6. The van der Waals surface area contributed by atoms with Crippen LogP contribution >= 0.6 is 0 Å². The average Bonchev–Trinajstić information content (AvgIpc) is 3.09. The van der Waals surface area contributed by atoms with Crippen molar-refractivity contribution in [3.8, 4) is 23.0 Å². The van der Waals surface area contributed by atoms with E-state index < -0.39 is 0 Å². The fourth-order valence-corrected chi connectivity index (χ4v) is 2.27. The lowest BCUT2D eigenvalue weighted by Crippen LogP contribution is -2.03. The zero-order valence-electron chi connectivity index (χ0n) is 13.1. The number of phenols is 1. The van der Waals surface area contributed by atoms with Gasteiger partial charge in [-0.3, -0.25) is 9.78 Å². The topological polar surface area (TPSA) is 85.5 Å². The van der Waals surface area contributed by atoms with Crippen molar-refractivity contribution < 1.29 is 19.1 Å². The van der Waals surface area contributed by atoms with Gasteiger partial charge in [0.05, 0.1) is 12.8 Å². The van der Waals surface area contributed by atoms with E-state index in [2.05, 4.69) is 9.97 Å². The molecule has 0 fully saturated rings. The largest absolute Gasteiger partial charge is 0.504 e. The number of carbonyl (C=O) groups excluding carboxylic acids is 1. The third kappa shape index (κ3) is 3.43. The van der Waals surface area contributed by atoms with E-state index in [0.717, 1.165) is 0 Å². The first-order chi connectivity index (χ1) is 11.7. The van der Waals surface area contributed by atoms with Gasteiger partial charge in [0, 0.05) is 24.6 Å². The standard InChI is InChI=1S/C18H16N2O4/c1-23-17-8-5-12(10-16(17)22)18-20-13(11-24-18)6-7-15(21)14-4-2-3-9-19-14/h2-5,8-11,22H,6-7H2,1H3. The third-order valence-corrected chi connectivity index (χ3v) is 3.54. The Morgan fingerprint density at radius 3 is 2.88 bits per heavy atom. The molecule has 0 spiro atoms. The summed E-state index contributed by atoms with van der Waals surface area (Å²) in [6, 6.07) is 10.1. The molecule has 24 heavy (non-hydrogen) atoms. The Bertz CT molecular complexity index is 843. The Hall–Kier alpha value is -3.15. The molecule has 122 valence electrons. The Morgan fingerprint density at radius 1 is 1.29 bits per heavy atom. The minimum absolute atomic E-state index is 0.0140. The average molecular weight is 324 g/mol. The maximum absolute atomic E-state index is 12.0. The van der Waals surface area contributed by atoms with Gasteiger partial charge in [0.15, 0.2) is 17.3 Å². The van der Waals surface area contributed by atoms with Crippen LogP contribution in [0, 0.1) is 0 Å². The molecule has 0 aliphatic carbocycles. The predicted octanol–water partition coefficient (Wildman–Crippen LogP) is 3.27. The number of aromatic hydroxyl groups is 1. The number of ether oxygens (including phenoxy) is 1. The summed E-state index contributed by atoms with van der Waals surface area (Å²) in [6.45, 7) is 0. The number of phenolic OH excluding ortho intramolecular Hbond substituents is 1. The number of hydrogen-bond acceptors (Lipinski definition) is 6. The van der Waals surface area contributed by atoms with Crippen LogP contribution in [0.25, 0.3) is 11.5 Å². The van der Waals surface area contributed by atoms with E-state index in [0.29, 0.717) is 41.4 Å². The van der Waals surface area contributed by atoms with Crippen molar-refractivity contribution in [3.63, 3.8) is 0 Å². The van der Waals surface area contributed by atoms with Gasteiger partial charge in [0.2, 0.25) is 5.89 Å². The smallest absolute Gasteiger partial charge is 0.226 e. The number of Topliss-reactive ketones (excluding diaryl/α,β-unsaturated/α-hetero) is 1. The molecule has 0 atom stereocenters. The molecule has 1 aromatic carbocycles. The zero-order valence-corrected chi connectivity index (χ0v) is 13.1. The summed E-state index contributed by atoms with van der Waals surface area (Å²) in [7, 11) is 1.48. The minimum atomic E-state index is -0.0396. The lowest BCUT2D eigenvalue weighted by molar-refractivity contribution is 0.0977. The summed E-state index contributed by atoms with van der Waals surface area (Å²) in [6.07, 6.45) is 3.87. The summed E-state index contributed by atoms with van der Waals surface area (Å²) in [5, 5.41) is 9.82. The summed E-state index contributed by atoms with van der Waals surface area (Å²) >= 11 is 0. The van der Waals surface area contributed by atoms with Gasteiger partial charge < -0.3 is 14.3 Å². The van der Waals surface area contributed by atoms with Crippen LogP contribution in [0.15, 0.2) is 53.3 Å². The van der Waals surface area contributed by atoms with Gasteiger partial charge in [-0.1, -0.05) is 6.07 Å². The van der Waals surface area contributed by atoms with Gasteiger partial charge in [0.25, 0.3) is 0 Å². The van der Waals surface area contributed by atoms with Crippen LogP contribution in [0.1, 0.15) is 22.6 Å². The predicted molar refractivity (Wildman–Crippen MR) is 87.0 cm³/mol. The number of hydrogen-bond donors (Lipinski definition) is 1. The lowest BCUT2D eigenvalue weighted by Gasteiger charge is -2.03. The monoisotopic (exact) mass is 324 g/mol. The fourth-order valence-electron chi connectivity index (χ4n) is 2.27. The number of nitrogens with zero attached hydrogens (tertiary/aromatic N) is 2. The van der Waals surface area contributed by atoms with Crippen LogP contribution in [-0.4, -0.2) is 28.0 Å². The quantitative estimate of drug-likeness (QED) is 0.700. The maximum atomic E-state index is 12.0. The molecule has 0 unspecified atom stereocenters. The first-order valence-corrected chi connectivity index (χ1v) is 7.43. The van der Waals surface area contributed by atoms with Crippen molar-refractivity contribution in [2.75, 3.05) is 7.11 Å². The number of ketones is 1. The highest BCUT2D eigenvalue weighted by molar-refractivity contribution is 5.94. The van der Waals surface area contributed by atoms with E-state index in [9.17, 15) is 9.90 Å². The number of aromatic nitrogens is 2. The van der Waals surface area contributed by atoms with Crippen molar-refractivity contribution in [2.45, 2.75) is 12.8 Å². The molecule has 6 nitrogen and oxygen atoms in total. The van der Waals surface area contributed by atoms with Gasteiger partial charge in [-0.2, -0.15) is 0 Å². The van der Waals surface area contributed by atoms with E-state index in [-0.39, 0.29) is 11.5 Å². The van der Waals surface area contributed by atoms with Crippen LogP contribution < -0.4 is 4.74 Å². The van der Waals surface area contributed by atoms with Crippen LogP contribution in [0.2, 0.25) is 0 Å². The molecule has 0 saturated carbocycles. The van der Waals surface area contributed by atoms with E-state index >= 15 is 0 Å². The minimum Gasteiger partial charge on any atom is -0.504 e. The molecule has 0 radical (unpaired) electrons. The number of oxazole rings is 1. The van der Waals surface area contributed by atoms with Crippen LogP contribution in [0.5, 0.6) is 11.5 Å². The van der Waals surface area contributed by atoms with E-state index in [1.807, 2.05) is 0 Å². The van der Waals surface area contributed by atoms with Crippen LogP contribution in [0.3, 0.4) is 0 Å². The van der Waals surface area contributed by atoms with E-state index in [1.165, 1.54) is 19.4 Å². The Balaban J connectivity index is 1.67. The number of methoxy groups -OCH3 is 1. The second-order valence-corrected chi connectivity index (χ2v) is 5.17. The summed E-state index contributed by atoms with van der Waals surface area (Å²) in [4.78, 5) is 20.4. The molecule has 0 aliphatic rings.